The third-order valence-electron chi connectivity index (χ3n) is 5.28. The highest BCUT2D eigenvalue weighted by atomic mass is 35.5. The molecule has 1 aromatic carbocycles. The molecular formula is C22H31Cl2N3O3. The molecule has 8 heteroatoms. The molecule has 6 nitrogen and oxygen atoms in total. The predicted molar refractivity (Wildman–Crippen MR) is 122 cm³/mol. The van der Waals surface area contributed by atoms with Crippen molar-refractivity contribution < 1.29 is 14.7 Å². The summed E-state index contributed by atoms with van der Waals surface area (Å²) in [5, 5.41) is 9.97. The largest absolute Gasteiger partial charge is 0.395 e. The van der Waals surface area contributed by atoms with E-state index in [4.69, 9.17) is 28.3 Å². The topological polar surface area (TPSA) is 64.1 Å². The first kappa shape index (κ1) is 24.7. The average Bonchev–Trinajstić information content (AvgIpc) is 2.92. The van der Waals surface area contributed by atoms with Crippen molar-refractivity contribution in [3.8, 4) is 0 Å². The van der Waals surface area contributed by atoms with Gasteiger partial charge in [0.1, 0.15) is 0 Å². The number of carbonyl (C=O) groups is 2. The fourth-order valence-corrected chi connectivity index (χ4v) is 3.73. The lowest BCUT2D eigenvalue weighted by atomic mass is 10.2. The van der Waals surface area contributed by atoms with Gasteiger partial charge >= 0.3 is 0 Å². The van der Waals surface area contributed by atoms with E-state index in [1.807, 2.05) is 4.90 Å². The second-order valence-corrected chi connectivity index (χ2v) is 8.14. The minimum atomic E-state index is -0.113. The molecule has 0 unspecified atom stereocenters. The number of halogens is 2. The Hall–Kier alpha value is -1.60. The van der Waals surface area contributed by atoms with Crippen LogP contribution in [-0.4, -0.2) is 84.0 Å². The van der Waals surface area contributed by atoms with Gasteiger partial charge in [0.2, 0.25) is 11.8 Å². The molecule has 0 aliphatic carbocycles. The van der Waals surface area contributed by atoms with Crippen molar-refractivity contribution in [3.05, 3.63) is 39.9 Å². The quantitative estimate of drug-likeness (QED) is 0.434. The highest BCUT2D eigenvalue weighted by Gasteiger charge is 2.22. The zero-order chi connectivity index (χ0) is 21.9. The van der Waals surface area contributed by atoms with Crippen LogP contribution in [0.3, 0.4) is 0 Å². The van der Waals surface area contributed by atoms with E-state index in [-0.39, 0.29) is 18.4 Å². The predicted octanol–water partition coefficient (Wildman–Crippen LogP) is 3.16. The first-order valence-corrected chi connectivity index (χ1v) is 11.2. The number of aliphatic hydroxyl groups is 1. The van der Waals surface area contributed by atoms with Crippen molar-refractivity contribution in [1.29, 1.82) is 0 Å². The third kappa shape index (κ3) is 7.91. The van der Waals surface area contributed by atoms with Gasteiger partial charge in [-0.05, 0) is 49.7 Å². The van der Waals surface area contributed by atoms with Gasteiger partial charge in [0, 0.05) is 45.2 Å². The van der Waals surface area contributed by atoms with Gasteiger partial charge in [-0.25, -0.2) is 0 Å². The van der Waals surface area contributed by atoms with Crippen LogP contribution in [0.25, 0.3) is 6.08 Å². The number of aliphatic hydroxyl groups excluding tert-OH is 1. The molecule has 0 radical (unpaired) electrons. The van der Waals surface area contributed by atoms with E-state index in [0.717, 1.165) is 31.5 Å². The van der Waals surface area contributed by atoms with Crippen LogP contribution in [0.15, 0.2) is 24.3 Å². The van der Waals surface area contributed by atoms with Crippen molar-refractivity contribution in [3.63, 3.8) is 0 Å². The molecule has 1 aliphatic heterocycles. The molecule has 1 fully saturated rings. The van der Waals surface area contributed by atoms with Crippen LogP contribution in [0, 0.1) is 0 Å². The highest BCUT2D eigenvalue weighted by Crippen LogP contribution is 2.23. The van der Waals surface area contributed by atoms with E-state index in [1.165, 1.54) is 6.08 Å². The lowest BCUT2D eigenvalue weighted by Crippen LogP contribution is -2.36. The highest BCUT2D eigenvalue weighted by molar-refractivity contribution is 6.42. The maximum absolute atomic E-state index is 12.5. The third-order valence-corrected chi connectivity index (χ3v) is 6.02. The summed E-state index contributed by atoms with van der Waals surface area (Å²) in [7, 11) is 0. The summed E-state index contributed by atoms with van der Waals surface area (Å²) in [6.45, 7) is 6.99. The summed E-state index contributed by atoms with van der Waals surface area (Å²) in [6.07, 6.45) is 5.46. The SMILES string of the molecule is CCN(CCO)CCCCN1CCN(C(=O)C=Cc2ccc(Cl)c(Cl)c2)CCC1=O. The maximum Gasteiger partial charge on any atom is 0.246 e. The van der Waals surface area contributed by atoms with E-state index in [2.05, 4.69) is 11.8 Å². The number of hydrogen-bond acceptors (Lipinski definition) is 4. The molecule has 30 heavy (non-hydrogen) atoms. The van der Waals surface area contributed by atoms with Gasteiger partial charge in [-0.2, -0.15) is 0 Å². The Bertz CT molecular complexity index is 742. The second-order valence-electron chi connectivity index (χ2n) is 7.33. The molecule has 1 N–H and O–H groups in total. The molecule has 0 atom stereocenters. The molecule has 1 aromatic rings. The molecule has 0 saturated carbocycles. The van der Waals surface area contributed by atoms with Crippen LogP contribution in [0.1, 0.15) is 31.7 Å². The zero-order valence-corrected chi connectivity index (χ0v) is 19.0. The van der Waals surface area contributed by atoms with Crippen LogP contribution in [0.2, 0.25) is 10.0 Å². The Balaban J connectivity index is 1.80. The van der Waals surface area contributed by atoms with Gasteiger partial charge in [0.05, 0.1) is 16.7 Å². The van der Waals surface area contributed by atoms with Crippen molar-refractivity contribution >= 4 is 41.1 Å². The Morgan fingerprint density at radius 3 is 2.67 bits per heavy atom. The first-order chi connectivity index (χ1) is 14.4. The van der Waals surface area contributed by atoms with Gasteiger partial charge < -0.3 is 19.8 Å². The Morgan fingerprint density at radius 1 is 1.17 bits per heavy atom. The summed E-state index contributed by atoms with van der Waals surface area (Å²) in [5.41, 5.74) is 0.799. The average molecular weight is 456 g/mol. The van der Waals surface area contributed by atoms with Gasteiger partial charge in [-0.15, -0.1) is 0 Å². The summed E-state index contributed by atoms with van der Waals surface area (Å²) in [6, 6.07) is 5.20. The van der Waals surface area contributed by atoms with E-state index in [0.29, 0.717) is 49.2 Å². The molecule has 1 heterocycles. The number of carbonyl (C=O) groups excluding carboxylic acids is 2. The van der Waals surface area contributed by atoms with Gasteiger partial charge in [0.25, 0.3) is 0 Å². The summed E-state index contributed by atoms with van der Waals surface area (Å²) in [4.78, 5) is 30.7. The number of rotatable bonds is 10. The van der Waals surface area contributed by atoms with E-state index >= 15 is 0 Å². The summed E-state index contributed by atoms with van der Waals surface area (Å²) >= 11 is 11.9. The van der Waals surface area contributed by atoms with Crippen LogP contribution in [0.4, 0.5) is 0 Å². The van der Waals surface area contributed by atoms with E-state index < -0.39 is 0 Å². The summed E-state index contributed by atoms with van der Waals surface area (Å²) in [5.74, 6) is -0.0141. The molecule has 2 rings (SSSR count). The van der Waals surface area contributed by atoms with Gasteiger partial charge in [0.15, 0.2) is 0 Å². The van der Waals surface area contributed by atoms with Crippen LogP contribution >= 0.6 is 23.2 Å². The molecule has 166 valence electrons. The maximum atomic E-state index is 12.5. The number of hydrogen-bond donors (Lipinski definition) is 1. The smallest absolute Gasteiger partial charge is 0.246 e. The van der Waals surface area contributed by atoms with Crippen LogP contribution in [-0.2, 0) is 9.59 Å². The first-order valence-electron chi connectivity index (χ1n) is 10.5. The standard InChI is InChI=1S/C22H31Cl2N3O3/c1-2-25(15-16-28)10-3-4-11-26-13-14-27(12-9-22(26)30)21(29)8-6-18-5-7-19(23)20(24)17-18/h5-8,17,28H,2-4,9-16H2,1H3. The number of benzene rings is 1. The lowest BCUT2D eigenvalue weighted by Gasteiger charge is -2.23. The fraction of sp³-hybridized carbons (Fsp3) is 0.545. The van der Waals surface area contributed by atoms with Crippen molar-refractivity contribution in [1.82, 2.24) is 14.7 Å². The zero-order valence-electron chi connectivity index (χ0n) is 17.5. The van der Waals surface area contributed by atoms with Gasteiger partial charge in [-0.3, -0.25) is 9.59 Å². The molecular weight excluding hydrogens is 425 g/mol. The van der Waals surface area contributed by atoms with E-state index in [1.54, 1.807) is 29.2 Å². The number of unbranched alkanes of at least 4 members (excludes halogenated alkanes) is 1. The number of amides is 2. The molecule has 0 bridgehead atoms. The minimum Gasteiger partial charge on any atom is -0.395 e. The molecule has 0 spiro atoms. The van der Waals surface area contributed by atoms with Crippen molar-refractivity contribution in [2.45, 2.75) is 26.2 Å². The van der Waals surface area contributed by atoms with Crippen molar-refractivity contribution in [2.24, 2.45) is 0 Å². The normalized spacial score (nSPS) is 15.3. The molecule has 0 aromatic heterocycles. The van der Waals surface area contributed by atoms with Gasteiger partial charge in [-0.1, -0.05) is 36.2 Å². The Morgan fingerprint density at radius 2 is 1.97 bits per heavy atom. The molecule has 1 saturated heterocycles. The number of nitrogens with zero attached hydrogens (tertiary/aromatic N) is 3. The van der Waals surface area contributed by atoms with Crippen LogP contribution < -0.4 is 0 Å². The molecule has 2 amide bonds. The van der Waals surface area contributed by atoms with Crippen molar-refractivity contribution in [2.75, 3.05) is 52.4 Å². The Kier molecular flexibility index (Phi) is 10.6. The summed E-state index contributed by atoms with van der Waals surface area (Å²) < 4.78 is 0. The monoisotopic (exact) mass is 455 g/mol. The second kappa shape index (κ2) is 13.0. The fourth-order valence-electron chi connectivity index (χ4n) is 3.42. The van der Waals surface area contributed by atoms with Crippen LogP contribution in [0.5, 0.6) is 0 Å². The van der Waals surface area contributed by atoms with E-state index in [9.17, 15) is 9.59 Å². The number of likely N-dealkylation sites (N-methyl/N-ethyl adjacent to an activating group) is 1. The molecule has 1 aliphatic rings. The lowest BCUT2D eigenvalue weighted by molar-refractivity contribution is -0.130. The Labute approximate surface area is 189 Å². The minimum absolute atomic E-state index is 0.0986.